The van der Waals surface area contributed by atoms with Crippen LogP contribution in [0.4, 0.5) is 0 Å². The van der Waals surface area contributed by atoms with Crippen molar-refractivity contribution >= 4 is 6.08 Å². The van der Waals surface area contributed by atoms with Gasteiger partial charge in [-0.3, -0.25) is 4.90 Å². The van der Waals surface area contributed by atoms with Gasteiger partial charge in [0, 0.05) is 13.1 Å². The van der Waals surface area contributed by atoms with Gasteiger partial charge in [0.05, 0.1) is 12.8 Å². The van der Waals surface area contributed by atoms with Gasteiger partial charge in [-0.1, -0.05) is 5.57 Å². The fraction of sp³-hybridized carbons (Fsp3) is 0.524. The quantitative estimate of drug-likeness (QED) is 0.745. The number of likely N-dealkylation sites (N-methyl/N-ethyl adjacent to an activating group) is 1. The summed E-state index contributed by atoms with van der Waals surface area (Å²) in [6.45, 7) is 9.62. The summed E-state index contributed by atoms with van der Waals surface area (Å²) < 4.78 is 11.1. The first-order chi connectivity index (χ1) is 12.1. The van der Waals surface area contributed by atoms with E-state index in [1.54, 1.807) is 6.26 Å². The highest BCUT2D eigenvalue weighted by molar-refractivity contribution is 5.46. The van der Waals surface area contributed by atoms with E-state index >= 15 is 0 Å². The molecule has 1 saturated heterocycles. The Bertz CT molecular complexity index is 664. The molecule has 25 heavy (non-hydrogen) atoms. The predicted octanol–water partition coefficient (Wildman–Crippen LogP) is 4.43. The summed E-state index contributed by atoms with van der Waals surface area (Å²) in [5.41, 5.74) is 1.34. The number of furan rings is 2. The average Bonchev–Trinajstić information content (AvgIpc) is 3.21. The molecule has 0 N–H and O–H groups in total. The molecule has 3 rings (SSSR count). The monoisotopic (exact) mass is 342 g/mol. The average molecular weight is 342 g/mol. The molecule has 0 aliphatic carbocycles. The maximum absolute atomic E-state index is 5.70. The Kier molecular flexibility index (Phi) is 6.16. The van der Waals surface area contributed by atoms with Gasteiger partial charge in [-0.2, -0.15) is 0 Å². The summed E-state index contributed by atoms with van der Waals surface area (Å²) >= 11 is 0. The van der Waals surface area contributed by atoms with E-state index in [4.69, 9.17) is 8.83 Å². The smallest absolute Gasteiger partial charge is 0.126 e. The number of likely N-dealkylation sites (tertiary alicyclic amines) is 1. The summed E-state index contributed by atoms with van der Waals surface area (Å²) in [5.74, 6) is 3.82. The van der Waals surface area contributed by atoms with Crippen LogP contribution in [0.3, 0.4) is 0 Å². The molecule has 0 aromatic carbocycles. The number of piperidine rings is 1. The SMILES string of the molecule is CC(=Cc1ccco1)CN(C)CC1CCN(Cc2ccc(C)o2)CC1. The van der Waals surface area contributed by atoms with E-state index in [0.29, 0.717) is 0 Å². The largest absolute Gasteiger partial charge is 0.465 e. The normalized spacial score (nSPS) is 17.5. The third-order valence-corrected chi connectivity index (χ3v) is 4.90. The van der Waals surface area contributed by atoms with Crippen LogP contribution in [0.2, 0.25) is 0 Å². The van der Waals surface area contributed by atoms with Gasteiger partial charge in [0.15, 0.2) is 0 Å². The number of hydrogen-bond donors (Lipinski definition) is 0. The Morgan fingerprint density at radius 1 is 1.28 bits per heavy atom. The van der Waals surface area contributed by atoms with Crippen LogP contribution in [0.25, 0.3) is 6.08 Å². The number of nitrogens with zero attached hydrogens (tertiary/aromatic N) is 2. The number of aryl methyl sites for hydroxylation is 1. The standard InChI is InChI=1S/C21H30N2O2/c1-17(13-20-5-4-12-24-20)14-22(3)15-19-8-10-23(11-9-19)16-21-7-6-18(2)25-21/h4-7,12-13,19H,8-11,14-16H2,1-3H3. The Labute approximate surface area is 151 Å². The van der Waals surface area contributed by atoms with Crippen molar-refractivity contribution in [3.05, 3.63) is 53.4 Å². The number of rotatable bonds is 7. The fourth-order valence-corrected chi connectivity index (χ4v) is 3.71. The van der Waals surface area contributed by atoms with Gasteiger partial charge in [0.25, 0.3) is 0 Å². The molecule has 0 unspecified atom stereocenters. The lowest BCUT2D eigenvalue weighted by Gasteiger charge is -2.33. The van der Waals surface area contributed by atoms with Crippen LogP contribution in [0, 0.1) is 12.8 Å². The van der Waals surface area contributed by atoms with Crippen LogP contribution in [0.5, 0.6) is 0 Å². The molecule has 1 aliphatic heterocycles. The molecule has 0 atom stereocenters. The third-order valence-electron chi connectivity index (χ3n) is 4.90. The molecule has 4 nitrogen and oxygen atoms in total. The van der Waals surface area contributed by atoms with E-state index in [9.17, 15) is 0 Å². The highest BCUT2D eigenvalue weighted by Crippen LogP contribution is 2.21. The first kappa shape index (κ1) is 18.0. The van der Waals surface area contributed by atoms with Gasteiger partial charge in [-0.15, -0.1) is 0 Å². The van der Waals surface area contributed by atoms with E-state index in [2.05, 4.69) is 42.0 Å². The zero-order chi connectivity index (χ0) is 17.6. The van der Waals surface area contributed by atoms with Crippen molar-refractivity contribution in [3.63, 3.8) is 0 Å². The molecule has 136 valence electrons. The summed E-state index contributed by atoms with van der Waals surface area (Å²) in [5, 5.41) is 0. The second-order valence-electron chi connectivity index (χ2n) is 7.43. The first-order valence-corrected chi connectivity index (χ1v) is 9.25. The molecule has 1 aliphatic rings. The lowest BCUT2D eigenvalue weighted by molar-refractivity contribution is 0.144. The third kappa shape index (κ3) is 5.62. The van der Waals surface area contributed by atoms with Crippen molar-refractivity contribution in [1.82, 2.24) is 9.80 Å². The molecule has 0 spiro atoms. The molecule has 4 heteroatoms. The van der Waals surface area contributed by atoms with Gasteiger partial charge in [0.1, 0.15) is 17.3 Å². The number of hydrogen-bond acceptors (Lipinski definition) is 4. The van der Waals surface area contributed by atoms with Crippen molar-refractivity contribution in [1.29, 1.82) is 0 Å². The minimum Gasteiger partial charge on any atom is -0.465 e. The predicted molar refractivity (Wildman–Crippen MR) is 101 cm³/mol. The lowest BCUT2D eigenvalue weighted by atomic mass is 9.96. The molecule has 0 saturated carbocycles. The van der Waals surface area contributed by atoms with Crippen molar-refractivity contribution in [2.45, 2.75) is 33.2 Å². The summed E-state index contributed by atoms with van der Waals surface area (Å²) in [7, 11) is 2.22. The van der Waals surface area contributed by atoms with Gasteiger partial charge < -0.3 is 13.7 Å². The van der Waals surface area contributed by atoms with E-state index in [1.807, 2.05) is 19.1 Å². The molecule has 2 aromatic rings. The van der Waals surface area contributed by atoms with Crippen LogP contribution in [0.1, 0.15) is 37.0 Å². The van der Waals surface area contributed by atoms with E-state index < -0.39 is 0 Å². The van der Waals surface area contributed by atoms with Gasteiger partial charge in [-0.25, -0.2) is 0 Å². The fourth-order valence-electron chi connectivity index (χ4n) is 3.71. The van der Waals surface area contributed by atoms with E-state index in [-0.39, 0.29) is 0 Å². The zero-order valence-corrected chi connectivity index (χ0v) is 15.7. The molecule has 2 aromatic heterocycles. The maximum atomic E-state index is 5.70. The van der Waals surface area contributed by atoms with Gasteiger partial charge in [0.2, 0.25) is 0 Å². The summed E-state index contributed by atoms with van der Waals surface area (Å²) in [6, 6.07) is 8.08. The Balaban J connectivity index is 1.39. The Morgan fingerprint density at radius 2 is 2.08 bits per heavy atom. The van der Waals surface area contributed by atoms with Crippen LogP contribution in [-0.4, -0.2) is 43.0 Å². The van der Waals surface area contributed by atoms with Crippen molar-refractivity contribution < 1.29 is 8.83 Å². The molecule has 0 amide bonds. The summed E-state index contributed by atoms with van der Waals surface area (Å²) in [4.78, 5) is 4.95. The van der Waals surface area contributed by atoms with Crippen LogP contribution in [0.15, 0.2) is 44.9 Å². The molecule has 0 bridgehead atoms. The first-order valence-electron chi connectivity index (χ1n) is 9.25. The second-order valence-corrected chi connectivity index (χ2v) is 7.43. The zero-order valence-electron chi connectivity index (χ0n) is 15.7. The van der Waals surface area contributed by atoms with Crippen molar-refractivity contribution in [3.8, 4) is 0 Å². The molecule has 0 radical (unpaired) electrons. The topological polar surface area (TPSA) is 32.8 Å². The highest BCUT2D eigenvalue weighted by Gasteiger charge is 2.21. The maximum Gasteiger partial charge on any atom is 0.126 e. The van der Waals surface area contributed by atoms with Crippen molar-refractivity contribution in [2.24, 2.45) is 5.92 Å². The van der Waals surface area contributed by atoms with E-state index in [1.165, 1.54) is 31.5 Å². The minimum atomic E-state index is 0.788. The Morgan fingerprint density at radius 3 is 2.72 bits per heavy atom. The minimum absolute atomic E-state index is 0.788. The molecule has 3 heterocycles. The van der Waals surface area contributed by atoms with Gasteiger partial charge >= 0.3 is 0 Å². The molecular formula is C21H30N2O2. The van der Waals surface area contributed by atoms with Gasteiger partial charge in [-0.05, 0) is 83.1 Å². The second kappa shape index (κ2) is 8.54. The molecule has 1 fully saturated rings. The lowest BCUT2D eigenvalue weighted by Crippen LogP contribution is -2.37. The van der Waals surface area contributed by atoms with Crippen LogP contribution in [-0.2, 0) is 6.54 Å². The highest BCUT2D eigenvalue weighted by atomic mass is 16.3. The van der Waals surface area contributed by atoms with E-state index in [0.717, 1.165) is 42.8 Å². The molecular weight excluding hydrogens is 312 g/mol. The Hall–Kier alpha value is -1.78. The van der Waals surface area contributed by atoms with Crippen LogP contribution >= 0.6 is 0 Å². The van der Waals surface area contributed by atoms with Crippen molar-refractivity contribution in [2.75, 3.05) is 33.2 Å². The van der Waals surface area contributed by atoms with Crippen LogP contribution < -0.4 is 0 Å². The summed E-state index contributed by atoms with van der Waals surface area (Å²) in [6.07, 6.45) is 6.39.